The first kappa shape index (κ1) is 27.9. The van der Waals surface area contributed by atoms with E-state index in [0.29, 0.717) is 17.9 Å². The number of hydrogen-bond acceptors (Lipinski definition) is 4. The van der Waals surface area contributed by atoms with Crippen molar-refractivity contribution in [2.45, 2.75) is 83.9 Å². The van der Waals surface area contributed by atoms with Crippen LogP contribution in [0.25, 0.3) is 5.65 Å². The fraction of sp³-hybridized carbons (Fsp3) is 0.667. The molecule has 2 heterocycles. The number of carbonyl (C=O) groups is 2. The molecular formula is C27H35ClF3N3O3. The highest BCUT2D eigenvalue weighted by Crippen LogP contribution is 2.43. The van der Waals surface area contributed by atoms with Gasteiger partial charge >= 0.3 is 6.18 Å². The highest BCUT2D eigenvalue weighted by Gasteiger charge is 2.38. The van der Waals surface area contributed by atoms with Crippen molar-refractivity contribution in [3.05, 3.63) is 34.2 Å². The maximum absolute atomic E-state index is 13.9. The molecule has 2 unspecified atom stereocenters. The summed E-state index contributed by atoms with van der Waals surface area (Å²) in [4.78, 5) is 32.1. The molecule has 2 aromatic rings. The average molecular weight is 542 g/mol. The lowest BCUT2D eigenvalue weighted by molar-refractivity contribution is -0.136. The fourth-order valence-electron chi connectivity index (χ4n) is 5.46. The van der Waals surface area contributed by atoms with Crippen LogP contribution in [0, 0.1) is 17.8 Å². The summed E-state index contributed by atoms with van der Waals surface area (Å²) in [6.45, 7) is 5.85. The van der Waals surface area contributed by atoms with Crippen molar-refractivity contribution >= 4 is 28.9 Å². The van der Waals surface area contributed by atoms with Gasteiger partial charge in [-0.15, -0.1) is 0 Å². The molecule has 0 aromatic carbocycles. The molecule has 0 radical (unpaired) electrons. The van der Waals surface area contributed by atoms with Crippen LogP contribution in [0.4, 0.5) is 13.2 Å². The third-order valence-corrected chi connectivity index (χ3v) is 8.51. The van der Waals surface area contributed by atoms with Gasteiger partial charge in [0.15, 0.2) is 17.1 Å². The number of rotatable bonds is 9. The number of pyridine rings is 1. The normalized spacial score (nSPS) is 22.2. The highest BCUT2D eigenvalue weighted by molar-refractivity contribution is 6.33. The number of carbonyl (C=O) groups excluding carboxylic acids is 2. The molecule has 0 bridgehead atoms. The van der Waals surface area contributed by atoms with Crippen LogP contribution in [0.3, 0.4) is 0 Å². The number of Topliss-reactive ketones (excluding diaryl/α,β-unsaturated/α-hetero) is 1. The van der Waals surface area contributed by atoms with E-state index in [-0.39, 0.29) is 53.6 Å². The molecule has 2 aliphatic carbocycles. The van der Waals surface area contributed by atoms with E-state index in [9.17, 15) is 27.9 Å². The van der Waals surface area contributed by atoms with E-state index in [4.69, 9.17) is 11.6 Å². The van der Waals surface area contributed by atoms with Gasteiger partial charge in [-0.1, -0.05) is 32.4 Å². The van der Waals surface area contributed by atoms with Gasteiger partial charge in [-0.25, -0.2) is 4.98 Å². The second-order valence-corrected chi connectivity index (χ2v) is 11.2. The van der Waals surface area contributed by atoms with Crippen molar-refractivity contribution in [3.8, 4) is 0 Å². The van der Waals surface area contributed by atoms with Crippen LogP contribution in [-0.2, 0) is 11.0 Å². The lowest BCUT2D eigenvalue weighted by atomic mass is 9.74. The zero-order chi connectivity index (χ0) is 27.1. The summed E-state index contributed by atoms with van der Waals surface area (Å²) in [5.41, 5.74) is -1.08. The Morgan fingerprint density at radius 3 is 2.41 bits per heavy atom. The van der Waals surface area contributed by atoms with Gasteiger partial charge in [0.05, 0.1) is 18.2 Å². The molecule has 6 nitrogen and oxygen atoms in total. The Bertz CT molecular complexity index is 1150. The Morgan fingerprint density at radius 1 is 1.19 bits per heavy atom. The zero-order valence-corrected chi connectivity index (χ0v) is 22.3. The van der Waals surface area contributed by atoms with Gasteiger partial charge in [0.1, 0.15) is 5.15 Å². The molecule has 2 saturated carbocycles. The first-order chi connectivity index (χ1) is 17.4. The first-order valence-electron chi connectivity index (χ1n) is 13.2. The summed E-state index contributed by atoms with van der Waals surface area (Å²) >= 11 is 6.46. The quantitative estimate of drug-likeness (QED) is 0.414. The van der Waals surface area contributed by atoms with E-state index in [2.05, 4.69) is 4.98 Å². The third kappa shape index (κ3) is 5.98. The predicted octanol–water partition coefficient (Wildman–Crippen LogP) is 6.13. The van der Waals surface area contributed by atoms with Crippen LogP contribution in [0.2, 0.25) is 5.15 Å². The van der Waals surface area contributed by atoms with E-state index in [1.54, 1.807) is 0 Å². The predicted molar refractivity (Wildman–Crippen MR) is 135 cm³/mol. The van der Waals surface area contributed by atoms with Gasteiger partial charge < -0.3 is 10.0 Å². The standard InChI is InChI=1S/C27H35ClF3N3O3/c1-4-11-33(14-22(36)16(3)15(2)17-7-9-20(35)10-8-17)26(37)23-24(28)34-13-19(18-5-6-18)12-21(25(34)32-23)27(29,30)31/h12-13,15-18,20,35H,4-11,14H2,1-3H3. The average Bonchev–Trinajstić information content (AvgIpc) is 3.65. The monoisotopic (exact) mass is 541 g/mol. The summed E-state index contributed by atoms with van der Waals surface area (Å²) in [5.74, 6) is -0.590. The minimum Gasteiger partial charge on any atom is -0.393 e. The van der Waals surface area contributed by atoms with Crippen molar-refractivity contribution in [1.29, 1.82) is 0 Å². The largest absolute Gasteiger partial charge is 0.419 e. The number of amides is 1. The van der Waals surface area contributed by atoms with E-state index < -0.39 is 23.3 Å². The number of nitrogens with zero attached hydrogens (tertiary/aromatic N) is 3. The van der Waals surface area contributed by atoms with Crippen LogP contribution in [-0.4, -0.2) is 50.3 Å². The number of aromatic nitrogens is 2. The van der Waals surface area contributed by atoms with Gasteiger partial charge in [0.25, 0.3) is 5.91 Å². The Labute approximate surface area is 220 Å². The SMILES string of the molecule is CCCN(CC(=O)C(C)C(C)C1CCC(O)CC1)C(=O)c1nc2c(C(F)(F)F)cc(C3CC3)cn2c1Cl. The maximum Gasteiger partial charge on any atom is 0.419 e. The van der Waals surface area contributed by atoms with Crippen molar-refractivity contribution in [3.63, 3.8) is 0 Å². The molecule has 0 saturated heterocycles. The minimum atomic E-state index is -4.65. The molecule has 1 N–H and O–H groups in total. The Hall–Kier alpha value is -2.13. The van der Waals surface area contributed by atoms with Gasteiger partial charge in [-0.2, -0.15) is 13.2 Å². The number of aliphatic hydroxyl groups excluding tert-OH is 1. The molecular weight excluding hydrogens is 507 g/mol. The van der Waals surface area contributed by atoms with Crippen LogP contribution in [0.5, 0.6) is 0 Å². The van der Waals surface area contributed by atoms with Crippen molar-refractivity contribution in [2.24, 2.45) is 17.8 Å². The zero-order valence-electron chi connectivity index (χ0n) is 21.5. The van der Waals surface area contributed by atoms with E-state index in [0.717, 1.165) is 49.0 Å². The molecule has 2 aliphatic rings. The maximum atomic E-state index is 13.9. The second kappa shape index (κ2) is 10.9. The van der Waals surface area contributed by atoms with Crippen LogP contribution in [0.15, 0.2) is 12.3 Å². The third-order valence-electron chi connectivity index (χ3n) is 8.15. The summed E-state index contributed by atoms with van der Waals surface area (Å²) in [7, 11) is 0. The van der Waals surface area contributed by atoms with Crippen LogP contribution < -0.4 is 0 Å². The van der Waals surface area contributed by atoms with E-state index >= 15 is 0 Å². The van der Waals surface area contributed by atoms with Crippen molar-refractivity contribution in [1.82, 2.24) is 14.3 Å². The Balaban J connectivity index is 1.58. The summed E-state index contributed by atoms with van der Waals surface area (Å²) in [5, 5.41) is 9.62. The molecule has 4 rings (SSSR count). The summed E-state index contributed by atoms with van der Waals surface area (Å²) in [6, 6.07) is 1.10. The molecule has 0 spiro atoms. The van der Waals surface area contributed by atoms with Crippen molar-refractivity contribution < 1.29 is 27.9 Å². The molecule has 2 fully saturated rings. The molecule has 204 valence electrons. The lowest BCUT2D eigenvalue weighted by Crippen LogP contribution is -2.40. The number of halogens is 4. The number of aliphatic hydroxyl groups is 1. The smallest absolute Gasteiger partial charge is 0.393 e. The molecule has 2 atom stereocenters. The summed E-state index contributed by atoms with van der Waals surface area (Å²) < 4.78 is 42.7. The van der Waals surface area contributed by atoms with E-state index in [1.165, 1.54) is 11.1 Å². The van der Waals surface area contributed by atoms with Gasteiger partial charge in [-0.3, -0.25) is 14.0 Å². The number of imidazole rings is 1. The number of hydrogen-bond donors (Lipinski definition) is 1. The molecule has 10 heteroatoms. The first-order valence-corrected chi connectivity index (χ1v) is 13.6. The Kier molecular flexibility index (Phi) is 8.24. The molecule has 37 heavy (non-hydrogen) atoms. The number of alkyl halides is 3. The molecule has 1 amide bonds. The molecule has 2 aromatic heterocycles. The van der Waals surface area contributed by atoms with E-state index in [1.807, 2.05) is 20.8 Å². The van der Waals surface area contributed by atoms with Gasteiger partial charge in [-0.05, 0) is 74.3 Å². The highest BCUT2D eigenvalue weighted by atomic mass is 35.5. The van der Waals surface area contributed by atoms with Crippen molar-refractivity contribution in [2.75, 3.05) is 13.1 Å². The second-order valence-electron chi connectivity index (χ2n) is 10.8. The lowest BCUT2D eigenvalue weighted by Gasteiger charge is -2.33. The van der Waals surface area contributed by atoms with Gasteiger partial charge in [0.2, 0.25) is 0 Å². The fourth-order valence-corrected chi connectivity index (χ4v) is 5.71. The molecule has 0 aliphatic heterocycles. The number of ketones is 1. The minimum absolute atomic E-state index is 0.0493. The van der Waals surface area contributed by atoms with Gasteiger partial charge in [0, 0.05) is 18.7 Å². The van der Waals surface area contributed by atoms with Crippen LogP contribution in [0.1, 0.15) is 93.3 Å². The Morgan fingerprint density at radius 2 is 1.84 bits per heavy atom. The topological polar surface area (TPSA) is 74.9 Å². The number of fused-ring (bicyclic) bond motifs is 1. The van der Waals surface area contributed by atoms with Crippen LogP contribution >= 0.6 is 11.6 Å². The summed E-state index contributed by atoms with van der Waals surface area (Å²) in [6.07, 6.45) is 1.97.